The zero-order chi connectivity index (χ0) is 24.6. The third-order valence-electron chi connectivity index (χ3n) is 4.89. The Labute approximate surface area is 205 Å². The third-order valence-corrected chi connectivity index (χ3v) is 6.82. The van der Waals surface area contributed by atoms with Gasteiger partial charge in [0.15, 0.2) is 0 Å². The highest BCUT2D eigenvalue weighted by Gasteiger charge is 2.39. The van der Waals surface area contributed by atoms with Crippen LogP contribution < -0.4 is 14.9 Å². The number of hydrogen-bond acceptors (Lipinski definition) is 7. The maximum absolute atomic E-state index is 13.0. The van der Waals surface area contributed by atoms with Gasteiger partial charge in [-0.15, -0.1) is 0 Å². The van der Waals surface area contributed by atoms with Crippen molar-refractivity contribution >= 4 is 62.4 Å². The van der Waals surface area contributed by atoms with Crippen LogP contribution in [0.15, 0.2) is 70.4 Å². The maximum Gasteiger partial charge on any atom is 0.283 e. The number of carbonyl (C=O) groups excluding carboxylic acids is 2. The minimum Gasteiger partial charge on any atom is -0.350 e. The number of anilines is 3. The summed E-state index contributed by atoms with van der Waals surface area (Å²) in [6.07, 6.45) is 1.44. The number of halogens is 2. The van der Waals surface area contributed by atoms with Crippen LogP contribution in [0.3, 0.4) is 0 Å². The fourth-order valence-corrected chi connectivity index (χ4v) is 4.52. The number of benzene rings is 2. The molecule has 0 atom stereocenters. The molecule has 3 aromatic rings. The standard InChI is InChI=1S/C22H17Cl2N5O4S/c1-12-3-4-14(23)11-17(12)29-20(30)18(24)19(21(29)31)27-15-5-7-16(8-6-15)34(32,33)28-22-25-10-9-13(2)26-22/h3-11,27H,1-2H3,(H,25,26,28). The van der Waals surface area contributed by atoms with Gasteiger partial charge in [0.25, 0.3) is 21.8 Å². The Hall–Kier alpha value is -3.47. The number of aryl methyl sites for hydroxylation is 2. The summed E-state index contributed by atoms with van der Waals surface area (Å²) in [5, 5.41) is 2.87. The molecule has 174 valence electrons. The van der Waals surface area contributed by atoms with Crippen molar-refractivity contribution in [2.24, 2.45) is 0 Å². The molecule has 1 aliphatic heterocycles. The molecule has 9 nitrogen and oxygen atoms in total. The van der Waals surface area contributed by atoms with Gasteiger partial charge in [-0.1, -0.05) is 29.3 Å². The molecule has 0 saturated carbocycles. The van der Waals surface area contributed by atoms with E-state index in [0.29, 0.717) is 27.7 Å². The molecule has 2 heterocycles. The number of hydrogen-bond donors (Lipinski definition) is 2. The molecule has 4 rings (SSSR count). The highest BCUT2D eigenvalue weighted by molar-refractivity contribution is 7.92. The van der Waals surface area contributed by atoms with E-state index >= 15 is 0 Å². The van der Waals surface area contributed by atoms with E-state index in [4.69, 9.17) is 23.2 Å². The number of sulfonamides is 1. The van der Waals surface area contributed by atoms with Crippen molar-refractivity contribution in [3.8, 4) is 0 Å². The van der Waals surface area contributed by atoms with Gasteiger partial charge in [-0.2, -0.15) is 0 Å². The van der Waals surface area contributed by atoms with E-state index in [1.165, 1.54) is 36.5 Å². The van der Waals surface area contributed by atoms with Crippen LogP contribution in [-0.4, -0.2) is 30.2 Å². The predicted octanol–water partition coefficient (Wildman–Crippen LogP) is 3.98. The minimum atomic E-state index is -3.94. The first-order valence-electron chi connectivity index (χ1n) is 9.81. The zero-order valence-electron chi connectivity index (χ0n) is 17.8. The molecule has 0 saturated heterocycles. The van der Waals surface area contributed by atoms with Gasteiger partial charge >= 0.3 is 0 Å². The SMILES string of the molecule is Cc1ccnc(NS(=O)(=O)c2ccc(NC3=C(Cl)C(=O)N(c4cc(Cl)ccc4C)C3=O)cc2)n1. The second-order valence-electron chi connectivity index (χ2n) is 7.34. The molecule has 0 fully saturated rings. The molecule has 34 heavy (non-hydrogen) atoms. The topological polar surface area (TPSA) is 121 Å². The average molecular weight is 518 g/mol. The van der Waals surface area contributed by atoms with Crippen molar-refractivity contribution in [3.05, 3.63) is 81.7 Å². The third kappa shape index (κ3) is 4.60. The summed E-state index contributed by atoms with van der Waals surface area (Å²) in [7, 11) is -3.94. The Kier molecular flexibility index (Phi) is 6.30. The summed E-state index contributed by atoms with van der Waals surface area (Å²) in [5.41, 5.74) is 1.81. The molecule has 1 aromatic heterocycles. The average Bonchev–Trinajstić information content (AvgIpc) is 2.99. The molecular formula is C22H17Cl2N5O4S. The first kappa shape index (κ1) is 23.7. The van der Waals surface area contributed by atoms with E-state index in [0.717, 1.165) is 4.90 Å². The van der Waals surface area contributed by atoms with Crippen molar-refractivity contribution in [3.63, 3.8) is 0 Å². The predicted molar refractivity (Wildman–Crippen MR) is 129 cm³/mol. The number of nitrogens with zero attached hydrogens (tertiary/aromatic N) is 3. The molecule has 0 spiro atoms. The van der Waals surface area contributed by atoms with Crippen LogP contribution in [0.25, 0.3) is 0 Å². The van der Waals surface area contributed by atoms with Crippen molar-refractivity contribution in [2.45, 2.75) is 18.7 Å². The minimum absolute atomic E-state index is 0.0479. The number of carbonyl (C=O) groups is 2. The Morgan fingerprint density at radius 3 is 2.32 bits per heavy atom. The highest BCUT2D eigenvalue weighted by Crippen LogP contribution is 2.33. The summed E-state index contributed by atoms with van der Waals surface area (Å²) in [6, 6.07) is 12.0. The lowest BCUT2D eigenvalue weighted by Gasteiger charge is -2.17. The molecule has 1 aliphatic rings. The summed E-state index contributed by atoms with van der Waals surface area (Å²) in [4.78, 5) is 34.5. The summed E-state index contributed by atoms with van der Waals surface area (Å²) >= 11 is 12.2. The fourth-order valence-electron chi connectivity index (χ4n) is 3.19. The van der Waals surface area contributed by atoms with Gasteiger partial charge in [0, 0.05) is 22.6 Å². The normalized spacial score (nSPS) is 14.1. The molecular weight excluding hydrogens is 501 g/mol. The van der Waals surface area contributed by atoms with Crippen molar-refractivity contribution in [1.29, 1.82) is 0 Å². The van der Waals surface area contributed by atoms with Gasteiger partial charge in [-0.05, 0) is 61.9 Å². The van der Waals surface area contributed by atoms with Crippen LogP contribution in [-0.2, 0) is 19.6 Å². The molecule has 2 aromatic carbocycles. The largest absolute Gasteiger partial charge is 0.350 e. The summed E-state index contributed by atoms with van der Waals surface area (Å²) in [6.45, 7) is 3.45. The number of amides is 2. The van der Waals surface area contributed by atoms with Gasteiger partial charge in [-0.3, -0.25) is 9.59 Å². The van der Waals surface area contributed by atoms with Crippen LogP contribution in [0.1, 0.15) is 11.3 Å². The van der Waals surface area contributed by atoms with Crippen LogP contribution in [0.2, 0.25) is 5.02 Å². The molecule has 2 amide bonds. The summed E-state index contributed by atoms with van der Waals surface area (Å²) < 4.78 is 27.5. The van der Waals surface area contributed by atoms with Gasteiger partial charge < -0.3 is 5.32 Å². The van der Waals surface area contributed by atoms with E-state index in [1.807, 2.05) is 0 Å². The van der Waals surface area contributed by atoms with Gasteiger partial charge in [0.1, 0.15) is 10.7 Å². The molecule has 0 bridgehead atoms. The first-order valence-corrected chi connectivity index (χ1v) is 12.0. The van der Waals surface area contributed by atoms with Crippen LogP contribution in [0, 0.1) is 13.8 Å². The Bertz CT molecular complexity index is 1460. The monoisotopic (exact) mass is 517 g/mol. The Morgan fingerprint density at radius 1 is 0.941 bits per heavy atom. The number of aromatic nitrogens is 2. The van der Waals surface area contributed by atoms with Gasteiger partial charge in [-0.25, -0.2) is 28.0 Å². The quantitative estimate of drug-likeness (QED) is 0.474. The van der Waals surface area contributed by atoms with E-state index in [-0.39, 0.29) is 21.6 Å². The molecule has 0 radical (unpaired) electrons. The lowest BCUT2D eigenvalue weighted by molar-refractivity contribution is -0.120. The van der Waals surface area contributed by atoms with Gasteiger partial charge in [0.05, 0.1) is 10.6 Å². The zero-order valence-corrected chi connectivity index (χ0v) is 20.2. The van der Waals surface area contributed by atoms with Crippen molar-refractivity contribution in [1.82, 2.24) is 9.97 Å². The molecule has 0 aliphatic carbocycles. The van der Waals surface area contributed by atoms with Gasteiger partial charge in [0.2, 0.25) is 5.95 Å². The number of nitrogens with one attached hydrogen (secondary N) is 2. The van der Waals surface area contributed by atoms with E-state index in [1.54, 1.807) is 32.0 Å². The fraction of sp³-hybridized carbons (Fsp3) is 0.0909. The lowest BCUT2D eigenvalue weighted by Crippen LogP contribution is -2.32. The van der Waals surface area contributed by atoms with E-state index in [2.05, 4.69) is 20.0 Å². The smallest absolute Gasteiger partial charge is 0.283 e. The second kappa shape index (κ2) is 9.05. The second-order valence-corrected chi connectivity index (χ2v) is 9.84. The van der Waals surface area contributed by atoms with E-state index < -0.39 is 21.8 Å². The van der Waals surface area contributed by atoms with Crippen molar-refractivity contribution < 1.29 is 18.0 Å². The van der Waals surface area contributed by atoms with Crippen LogP contribution >= 0.6 is 23.2 Å². The first-order chi connectivity index (χ1) is 16.1. The Balaban J connectivity index is 1.54. The summed E-state index contributed by atoms with van der Waals surface area (Å²) in [5.74, 6) is -1.40. The van der Waals surface area contributed by atoms with Crippen molar-refractivity contribution in [2.75, 3.05) is 14.9 Å². The number of imide groups is 1. The van der Waals surface area contributed by atoms with Crippen LogP contribution in [0.4, 0.5) is 17.3 Å². The highest BCUT2D eigenvalue weighted by atomic mass is 35.5. The Morgan fingerprint density at radius 2 is 1.65 bits per heavy atom. The molecule has 2 N–H and O–H groups in total. The molecule has 0 unspecified atom stereocenters. The lowest BCUT2D eigenvalue weighted by atomic mass is 10.2. The number of rotatable bonds is 6. The molecule has 12 heteroatoms. The van der Waals surface area contributed by atoms with E-state index in [9.17, 15) is 18.0 Å². The maximum atomic E-state index is 13.0. The van der Waals surface area contributed by atoms with Crippen LogP contribution in [0.5, 0.6) is 0 Å².